The molecule has 5 rings (SSSR count). The average molecular weight is 433 g/mol. The quantitative estimate of drug-likeness (QED) is 0.515. The van der Waals surface area contributed by atoms with Gasteiger partial charge < -0.3 is 4.74 Å². The minimum Gasteiger partial charge on any atom is -0.468 e. The van der Waals surface area contributed by atoms with Crippen LogP contribution in [0, 0.1) is 0 Å². The summed E-state index contributed by atoms with van der Waals surface area (Å²) in [5.74, 6) is 0. The van der Waals surface area contributed by atoms with Crippen LogP contribution in [0.4, 0.5) is 0 Å². The second kappa shape index (κ2) is 8.19. The standard InChI is InChI=1S/C26H28N2O2S/c1-30-25-27-23-21-9-5-4-8-19(21)16-26(14-6-3-7-15-26)22(23)24(29)28(25)17-18-10-12-20(31-2)13-11-18/h4-5,8-13H,3,6-7,14-17H2,1-2H3. The number of thioether (sulfide) groups is 1. The van der Waals surface area contributed by atoms with Crippen LogP contribution in [0.3, 0.4) is 0 Å². The van der Waals surface area contributed by atoms with Crippen LogP contribution >= 0.6 is 11.8 Å². The van der Waals surface area contributed by atoms with Gasteiger partial charge >= 0.3 is 0 Å². The van der Waals surface area contributed by atoms with E-state index in [0.29, 0.717) is 12.6 Å². The second-order valence-electron chi connectivity index (χ2n) is 8.74. The van der Waals surface area contributed by atoms with Gasteiger partial charge in [0.05, 0.1) is 24.9 Å². The lowest BCUT2D eigenvalue weighted by Crippen LogP contribution is -2.43. The highest BCUT2D eigenvalue weighted by Gasteiger charge is 2.43. The molecule has 2 aliphatic rings. The summed E-state index contributed by atoms with van der Waals surface area (Å²) in [6.45, 7) is 0.467. The molecular weight excluding hydrogens is 404 g/mol. The van der Waals surface area contributed by atoms with E-state index in [-0.39, 0.29) is 11.0 Å². The van der Waals surface area contributed by atoms with Gasteiger partial charge in [-0.15, -0.1) is 11.8 Å². The number of methoxy groups -OCH3 is 1. The Morgan fingerprint density at radius 3 is 2.52 bits per heavy atom. The summed E-state index contributed by atoms with van der Waals surface area (Å²) in [7, 11) is 1.60. The number of fused-ring (bicyclic) bond motifs is 4. The zero-order valence-electron chi connectivity index (χ0n) is 18.2. The van der Waals surface area contributed by atoms with Crippen LogP contribution in [-0.4, -0.2) is 22.9 Å². The summed E-state index contributed by atoms with van der Waals surface area (Å²) in [6, 6.07) is 17.2. The number of hydrogen-bond donors (Lipinski definition) is 0. The van der Waals surface area contributed by atoms with E-state index in [9.17, 15) is 4.79 Å². The van der Waals surface area contributed by atoms with Gasteiger partial charge in [-0.1, -0.05) is 55.7 Å². The first-order chi connectivity index (χ1) is 15.1. The summed E-state index contributed by atoms with van der Waals surface area (Å²) in [4.78, 5) is 20.2. The van der Waals surface area contributed by atoms with E-state index in [2.05, 4.69) is 48.7 Å². The van der Waals surface area contributed by atoms with Crippen molar-refractivity contribution >= 4 is 11.8 Å². The highest BCUT2D eigenvalue weighted by Crippen LogP contribution is 2.48. The van der Waals surface area contributed by atoms with Crippen LogP contribution in [0.25, 0.3) is 11.3 Å². The predicted molar refractivity (Wildman–Crippen MR) is 126 cm³/mol. The number of benzene rings is 2. The summed E-state index contributed by atoms with van der Waals surface area (Å²) in [5, 5.41) is 0. The predicted octanol–water partition coefficient (Wildman–Crippen LogP) is 5.45. The second-order valence-corrected chi connectivity index (χ2v) is 9.62. The first-order valence-electron chi connectivity index (χ1n) is 11.1. The minimum atomic E-state index is -0.108. The van der Waals surface area contributed by atoms with Crippen LogP contribution in [-0.2, 0) is 18.4 Å². The van der Waals surface area contributed by atoms with Gasteiger partial charge in [-0.05, 0) is 48.8 Å². The maximum Gasteiger partial charge on any atom is 0.299 e. The lowest BCUT2D eigenvalue weighted by Gasteiger charge is -2.42. The fourth-order valence-electron chi connectivity index (χ4n) is 5.43. The Hall–Kier alpha value is -2.53. The zero-order chi connectivity index (χ0) is 21.4. The van der Waals surface area contributed by atoms with Crippen molar-refractivity contribution in [2.24, 2.45) is 0 Å². The van der Waals surface area contributed by atoms with E-state index in [0.717, 1.165) is 41.6 Å². The molecule has 0 N–H and O–H groups in total. The molecule has 1 heterocycles. The fourth-order valence-corrected chi connectivity index (χ4v) is 5.84. The van der Waals surface area contributed by atoms with Crippen LogP contribution < -0.4 is 10.3 Å². The normalized spacial score (nSPS) is 16.6. The SMILES string of the molecule is COc1nc2c(c(=O)n1Cc1ccc(SC)cc1)C1(CCCCC1)Cc1ccccc1-2. The molecule has 0 bridgehead atoms. The van der Waals surface area contributed by atoms with E-state index in [1.54, 1.807) is 23.4 Å². The molecule has 0 amide bonds. The van der Waals surface area contributed by atoms with Gasteiger partial charge in [-0.25, -0.2) is 0 Å². The lowest BCUT2D eigenvalue weighted by molar-refractivity contribution is 0.279. The summed E-state index contributed by atoms with van der Waals surface area (Å²) in [6.07, 6.45) is 8.70. The molecule has 5 heteroatoms. The van der Waals surface area contributed by atoms with Crippen LogP contribution in [0.15, 0.2) is 58.2 Å². The van der Waals surface area contributed by atoms with Crippen molar-refractivity contribution < 1.29 is 4.74 Å². The average Bonchev–Trinajstić information content (AvgIpc) is 2.81. The van der Waals surface area contributed by atoms with Crippen molar-refractivity contribution in [3.63, 3.8) is 0 Å². The highest BCUT2D eigenvalue weighted by molar-refractivity contribution is 7.98. The Balaban J connectivity index is 1.70. The first kappa shape index (κ1) is 20.4. The van der Waals surface area contributed by atoms with Crippen molar-refractivity contribution in [2.45, 2.75) is 55.4 Å². The van der Waals surface area contributed by atoms with Gasteiger partial charge in [0.2, 0.25) is 0 Å². The van der Waals surface area contributed by atoms with Gasteiger partial charge in [-0.2, -0.15) is 4.98 Å². The van der Waals surface area contributed by atoms with Gasteiger partial charge in [0.1, 0.15) is 0 Å². The van der Waals surface area contributed by atoms with E-state index < -0.39 is 0 Å². The van der Waals surface area contributed by atoms with Crippen molar-refractivity contribution in [3.05, 3.63) is 75.6 Å². The molecular formula is C26H28N2O2S. The van der Waals surface area contributed by atoms with E-state index in [1.165, 1.54) is 29.7 Å². The van der Waals surface area contributed by atoms with E-state index >= 15 is 0 Å². The smallest absolute Gasteiger partial charge is 0.299 e. The Morgan fingerprint density at radius 2 is 1.81 bits per heavy atom. The molecule has 2 aromatic carbocycles. The number of ether oxygens (including phenoxy) is 1. The van der Waals surface area contributed by atoms with Gasteiger partial charge in [0.25, 0.3) is 11.6 Å². The highest BCUT2D eigenvalue weighted by atomic mass is 32.2. The monoisotopic (exact) mass is 432 g/mol. The molecule has 4 nitrogen and oxygen atoms in total. The molecule has 2 aliphatic carbocycles. The number of aromatic nitrogens is 2. The molecule has 0 aliphatic heterocycles. The zero-order valence-corrected chi connectivity index (χ0v) is 19.0. The Morgan fingerprint density at radius 1 is 1.06 bits per heavy atom. The third kappa shape index (κ3) is 3.49. The fraction of sp³-hybridized carbons (Fsp3) is 0.385. The molecule has 31 heavy (non-hydrogen) atoms. The molecule has 0 unspecified atom stereocenters. The van der Waals surface area contributed by atoms with Crippen molar-refractivity contribution in [1.29, 1.82) is 0 Å². The van der Waals surface area contributed by atoms with Crippen LogP contribution in [0.5, 0.6) is 6.01 Å². The molecule has 1 fully saturated rings. The molecule has 0 saturated heterocycles. The summed E-state index contributed by atoms with van der Waals surface area (Å²) >= 11 is 1.72. The topological polar surface area (TPSA) is 44.1 Å². The maximum atomic E-state index is 14.0. The van der Waals surface area contributed by atoms with Gasteiger partial charge in [0, 0.05) is 15.9 Å². The number of rotatable bonds is 4. The minimum absolute atomic E-state index is 0.0622. The Bertz CT molecular complexity index is 1160. The molecule has 1 saturated carbocycles. The molecule has 3 aromatic rings. The third-order valence-corrected chi connectivity index (χ3v) is 7.70. The molecule has 0 atom stereocenters. The molecule has 160 valence electrons. The van der Waals surface area contributed by atoms with Crippen LogP contribution in [0.1, 0.15) is 48.8 Å². The Labute approximate surface area is 187 Å². The summed E-state index contributed by atoms with van der Waals surface area (Å²) in [5.41, 5.74) is 5.16. The van der Waals surface area contributed by atoms with E-state index in [1.807, 2.05) is 6.07 Å². The van der Waals surface area contributed by atoms with Crippen molar-refractivity contribution in [1.82, 2.24) is 9.55 Å². The molecule has 0 radical (unpaired) electrons. The van der Waals surface area contributed by atoms with Crippen molar-refractivity contribution in [3.8, 4) is 17.3 Å². The summed E-state index contributed by atoms with van der Waals surface area (Å²) < 4.78 is 7.38. The van der Waals surface area contributed by atoms with Crippen LogP contribution in [0.2, 0.25) is 0 Å². The van der Waals surface area contributed by atoms with Crippen molar-refractivity contribution in [2.75, 3.05) is 13.4 Å². The molecule has 1 spiro atoms. The third-order valence-electron chi connectivity index (χ3n) is 6.96. The lowest BCUT2D eigenvalue weighted by atomic mass is 9.62. The van der Waals surface area contributed by atoms with E-state index in [4.69, 9.17) is 9.72 Å². The number of hydrogen-bond acceptors (Lipinski definition) is 4. The largest absolute Gasteiger partial charge is 0.468 e. The maximum absolute atomic E-state index is 14.0. The van der Waals surface area contributed by atoms with Gasteiger partial charge in [-0.3, -0.25) is 9.36 Å². The van der Waals surface area contributed by atoms with Gasteiger partial charge in [0.15, 0.2) is 0 Å². The first-order valence-corrected chi connectivity index (χ1v) is 12.3. The molecule has 1 aromatic heterocycles. The Kier molecular flexibility index (Phi) is 5.39. The number of nitrogens with zero attached hydrogens (tertiary/aromatic N) is 2.